The number of hydrogen-bond donors (Lipinski definition) is 0. The van der Waals surface area contributed by atoms with Crippen LogP contribution in [0.3, 0.4) is 0 Å². The summed E-state index contributed by atoms with van der Waals surface area (Å²) in [6.07, 6.45) is 15.8. The normalized spacial score (nSPS) is 13.3. The monoisotopic (exact) mass is 650 g/mol. The van der Waals surface area contributed by atoms with Crippen molar-refractivity contribution in [1.82, 2.24) is 29.2 Å². The van der Waals surface area contributed by atoms with Gasteiger partial charge in [-0.1, -0.05) is 69.7 Å². The molecule has 1 aliphatic rings. The lowest BCUT2D eigenvalue weighted by molar-refractivity contribution is 0.353. The van der Waals surface area contributed by atoms with Crippen LogP contribution in [0, 0.1) is 12.8 Å². The minimum Gasteiger partial charge on any atom is -0.472 e. The van der Waals surface area contributed by atoms with E-state index in [9.17, 15) is 0 Å². The van der Waals surface area contributed by atoms with E-state index in [2.05, 4.69) is 45.9 Å². The van der Waals surface area contributed by atoms with Crippen molar-refractivity contribution in [3.63, 3.8) is 0 Å². The predicted molar refractivity (Wildman–Crippen MR) is 188 cm³/mol. The van der Waals surface area contributed by atoms with Crippen molar-refractivity contribution in [1.29, 1.82) is 0 Å². The van der Waals surface area contributed by atoms with Gasteiger partial charge in [0.05, 0.1) is 47.7 Å². The number of rotatable bonds is 6. The Morgan fingerprint density at radius 3 is 2.26 bits per heavy atom. The number of aryl methyl sites for hydroxylation is 1. The number of fused-ring (bicyclic) bond motifs is 2. The van der Waals surface area contributed by atoms with Crippen LogP contribution in [0.4, 0.5) is 0 Å². The SMILES string of the molecule is CC.Cc1cscc1-c1cnc2ccc(Cc3cccc(Cl)c3)nn12.c1cc(-c2cnc3ccc(CC4CCCCC4)nn23)co1. The highest BCUT2D eigenvalue weighted by atomic mass is 35.5. The fraction of sp³-hybridized carbons (Fsp3) is 0.297. The Balaban J connectivity index is 0.000000154. The molecule has 0 atom stereocenters. The molecule has 0 aliphatic heterocycles. The third-order valence-corrected chi connectivity index (χ3v) is 9.38. The van der Waals surface area contributed by atoms with Gasteiger partial charge in [-0.25, -0.2) is 19.0 Å². The van der Waals surface area contributed by atoms with Crippen LogP contribution in [0.1, 0.15) is 68.5 Å². The van der Waals surface area contributed by atoms with Crippen LogP contribution in [0.25, 0.3) is 33.8 Å². The van der Waals surface area contributed by atoms with Crippen LogP contribution >= 0.6 is 22.9 Å². The summed E-state index contributed by atoms with van der Waals surface area (Å²) in [7, 11) is 0. The van der Waals surface area contributed by atoms with E-state index in [0.29, 0.717) is 0 Å². The Morgan fingerprint density at radius 1 is 0.848 bits per heavy atom. The fourth-order valence-electron chi connectivity index (χ4n) is 5.98. The zero-order valence-electron chi connectivity index (χ0n) is 26.6. The molecule has 9 heteroatoms. The minimum atomic E-state index is 0.747. The van der Waals surface area contributed by atoms with Crippen LogP contribution < -0.4 is 0 Å². The topological polar surface area (TPSA) is 73.5 Å². The summed E-state index contributed by atoms with van der Waals surface area (Å²) in [5.41, 5.74) is 10.5. The van der Waals surface area contributed by atoms with Crippen molar-refractivity contribution in [3.8, 4) is 22.5 Å². The van der Waals surface area contributed by atoms with E-state index in [0.717, 1.165) is 69.0 Å². The number of thiophene rings is 1. The number of hydrogen-bond acceptors (Lipinski definition) is 6. The Bertz CT molecular complexity index is 2000. The quantitative estimate of drug-likeness (QED) is 0.179. The Morgan fingerprint density at radius 2 is 1.57 bits per heavy atom. The van der Waals surface area contributed by atoms with Gasteiger partial charge in [-0.2, -0.15) is 21.5 Å². The van der Waals surface area contributed by atoms with Gasteiger partial charge in [0.1, 0.15) is 0 Å². The maximum Gasteiger partial charge on any atom is 0.154 e. The Hall–Kier alpha value is -4.27. The predicted octanol–water partition coefficient (Wildman–Crippen LogP) is 10.1. The second-order valence-corrected chi connectivity index (χ2v) is 12.7. The Labute approximate surface area is 278 Å². The molecule has 0 bridgehead atoms. The minimum absolute atomic E-state index is 0.747. The first kappa shape index (κ1) is 31.7. The first-order chi connectivity index (χ1) is 22.6. The highest BCUT2D eigenvalue weighted by molar-refractivity contribution is 7.08. The van der Waals surface area contributed by atoms with Gasteiger partial charge >= 0.3 is 0 Å². The smallest absolute Gasteiger partial charge is 0.154 e. The van der Waals surface area contributed by atoms with E-state index in [-0.39, 0.29) is 0 Å². The molecule has 7 aromatic rings. The van der Waals surface area contributed by atoms with Gasteiger partial charge in [-0.3, -0.25) is 0 Å². The molecule has 0 unspecified atom stereocenters. The summed E-state index contributed by atoms with van der Waals surface area (Å²) >= 11 is 7.76. The Kier molecular flexibility index (Phi) is 10.3. The average Bonchev–Trinajstić information content (AvgIpc) is 3.90. The molecule has 0 spiro atoms. The molecular formula is C37H39ClN6OS. The number of benzene rings is 1. The van der Waals surface area contributed by atoms with E-state index >= 15 is 0 Å². The van der Waals surface area contributed by atoms with E-state index in [1.807, 2.05) is 71.7 Å². The molecule has 6 heterocycles. The maximum absolute atomic E-state index is 6.06. The first-order valence-electron chi connectivity index (χ1n) is 16.1. The molecule has 6 aromatic heterocycles. The summed E-state index contributed by atoms with van der Waals surface area (Å²) in [6, 6.07) is 18.1. The lowest BCUT2D eigenvalue weighted by Gasteiger charge is -2.20. The van der Waals surface area contributed by atoms with Crippen molar-refractivity contribution in [2.75, 3.05) is 0 Å². The molecule has 46 heavy (non-hydrogen) atoms. The van der Waals surface area contributed by atoms with Gasteiger partial charge in [0.2, 0.25) is 0 Å². The zero-order chi connectivity index (χ0) is 31.9. The lowest BCUT2D eigenvalue weighted by atomic mass is 9.86. The molecule has 1 saturated carbocycles. The van der Waals surface area contributed by atoms with E-state index < -0.39 is 0 Å². The maximum atomic E-state index is 6.06. The van der Waals surface area contributed by atoms with E-state index in [4.69, 9.17) is 26.2 Å². The van der Waals surface area contributed by atoms with Gasteiger partial charge in [0.25, 0.3) is 0 Å². The van der Waals surface area contributed by atoms with Gasteiger partial charge in [-0.05, 0) is 78.2 Å². The lowest BCUT2D eigenvalue weighted by Crippen LogP contribution is -2.11. The standard InChI is InChI=1S/C18H14ClN3S.C17H19N3O.C2H6/c1-12-10-23-11-16(12)17-9-20-18-6-5-15(21-22(17)18)8-13-3-2-4-14(19)7-13;1-2-4-13(5-3-1)10-15-6-7-17-18-11-16(20(17)19-15)14-8-9-21-12-14;1-2/h2-7,9-11H,8H2,1H3;6-9,11-13H,1-5,10H2;1-2H3. The molecule has 7 nitrogen and oxygen atoms in total. The third kappa shape index (κ3) is 7.24. The second kappa shape index (κ2) is 14.9. The molecule has 1 fully saturated rings. The summed E-state index contributed by atoms with van der Waals surface area (Å²) in [6.45, 7) is 6.11. The molecule has 1 aliphatic carbocycles. The zero-order valence-corrected chi connectivity index (χ0v) is 28.1. The van der Waals surface area contributed by atoms with Gasteiger partial charge in [0, 0.05) is 28.0 Å². The summed E-state index contributed by atoms with van der Waals surface area (Å²) < 4.78 is 9.03. The van der Waals surface area contributed by atoms with Crippen LogP contribution in [-0.4, -0.2) is 29.2 Å². The molecule has 0 N–H and O–H groups in total. The number of furan rings is 1. The third-order valence-electron chi connectivity index (χ3n) is 8.28. The molecule has 8 rings (SSSR count). The van der Waals surface area contributed by atoms with E-state index in [1.165, 1.54) is 43.2 Å². The molecule has 0 saturated heterocycles. The van der Waals surface area contributed by atoms with Crippen LogP contribution in [-0.2, 0) is 12.8 Å². The molecule has 0 radical (unpaired) electrons. The van der Waals surface area contributed by atoms with Crippen LogP contribution in [0.2, 0.25) is 5.02 Å². The highest BCUT2D eigenvalue weighted by Crippen LogP contribution is 2.28. The number of aromatic nitrogens is 6. The second-order valence-electron chi connectivity index (χ2n) is 11.5. The highest BCUT2D eigenvalue weighted by Gasteiger charge is 2.16. The molecule has 236 valence electrons. The van der Waals surface area contributed by atoms with Crippen molar-refractivity contribution < 1.29 is 4.42 Å². The average molecular weight is 651 g/mol. The summed E-state index contributed by atoms with van der Waals surface area (Å²) in [5, 5.41) is 14.6. The van der Waals surface area contributed by atoms with Crippen molar-refractivity contribution in [2.45, 2.75) is 65.7 Å². The first-order valence-corrected chi connectivity index (χ1v) is 17.4. The molecule has 0 amide bonds. The summed E-state index contributed by atoms with van der Waals surface area (Å²) in [5.74, 6) is 0.796. The molecular weight excluding hydrogens is 612 g/mol. The van der Waals surface area contributed by atoms with Gasteiger partial charge in [0.15, 0.2) is 11.3 Å². The van der Waals surface area contributed by atoms with Crippen molar-refractivity contribution >= 4 is 34.2 Å². The van der Waals surface area contributed by atoms with Crippen molar-refractivity contribution in [2.24, 2.45) is 5.92 Å². The largest absolute Gasteiger partial charge is 0.472 e. The van der Waals surface area contributed by atoms with Crippen molar-refractivity contribution in [3.05, 3.63) is 118 Å². The number of imidazole rings is 2. The summed E-state index contributed by atoms with van der Waals surface area (Å²) in [4.78, 5) is 8.88. The van der Waals surface area contributed by atoms with Crippen LogP contribution in [0.5, 0.6) is 0 Å². The van der Waals surface area contributed by atoms with E-state index in [1.54, 1.807) is 23.9 Å². The van der Waals surface area contributed by atoms with Crippen LogP contribution in [0.15, 0.2) is 94.7 Å². The number of nitrogens with zero attached hydrogens (tertiary/aromatic N) is 6. The fourth-order valence-corrected chi connectivity index (χ4v) is 7.04. The van der Waals surface area contributed by atoms with Gasteiger partial charge in [-0.15, -0.1) is 0 Å². The van der Waals surface area contributed by atoms with Gasteiger partial charge < -0.3 is 4.42 Å². The number of halogens is 1. The molecule has 1 aromatic carbocycles.